The summed E-state index contributed by atoms with van der Waals surface area (Å²) in [4.78, 5) is 24.7. The van der Waals surface area contributed by atoms with E-state index in [4.69, 9.17) is 5.11 Å². The Morgan fingerprint density at radius 2 is 2.21 bits per heavy atom. The summed E-state index contributed by atoms with van der Waals surface area (Å²) in [6.45, 7) is 4.35. The molecule has 4 nitrogen and oxygen atoms in total. The lowest BCUT2D eigenvalue weighted by molar-refractivity contribution is -0.140. The molecule has 108 valence electrons. The zero-order chi connectivity index (χ0) is 14.3. The highest BCUT2D eigenvalue weighted by molar-refractivity contribution is 7.99. The Bertz CT molecular complexity index is 355. The minimum atomic E-state index is -0.803. The third-order valence-electron chi connectivity index (χ3n) is 3.25. The van der Waals surface area contributed by atoms with Gasteiger partial charge >= 0.3 is 5.97 Å². The van der Waals surface area contributed by atoms with Crippen molar-refractivity contribution in [2.75, 3.05) is 18.1 Å². The summed E-state index contributed by atoms with van der Waals surface area (Å²) in [6.07, 6.45) is 6.56. The molecule has 0 fully saturated rings. The predicted octanol–water partition coefficient (Wildman–Crippen LogP) is 2.75. The fourth-order valence-electron chi connectivity index (χ4n) is 2.08. The number of thioether (sulfide) groups is 1. The van der Waals surface area contributed by atoms with Crippen molar-refractivity contribution >= 4 is 23.6 Å². The van der Waals surface area contributed by atoms with Gasteiger partial charge in [-0.25, -0.2) is 0 Å². The summed E-state index contributed by atoms with van der Waals surface area (Å²) >= 11 is 1.41. The maximum absolute atomic E-state index is 12.1. The first-order chi connectivity index (χ1) is 9.06. The van der Waals surface area contributed by atoms with E-state index in [0.717, 1.165) is 25.0 Å². The van der Waals surface area contributed by atoms with Crippen molar-refractivity contribution in [3.63, 3.8) is 0 Å². The molecule has 0 aromatic carbocycles. The average molecular weight is 285 g/mol. The Labute approximate surface area is 119 Å². The van der Waals surface area contributed by atoms with Crippen LogP contribution in [0.4, 0.5) is 0 Å². The van der Waals surface area contributed by atoms with Crippen LogP contribution in [0.5, 0.6) is 0 Å². The molecular weight excluding hydrogens is 262 g/mol. The number of aliphatic carboxylic acids is 1. The van der Waals surface area contributed by atoms with Gasteiger partial charge in [0.25, 0.3) is 0 Å². The number of carbonyl (C=O) groups is 2. The van der Waals surface area contributed by atoms with E-state index in [9.17, 15) is 9.59 Å². The molecule has 0 saturated heterocycles. The molecule has 1 aliphatic rings. The van der Waals surface area contributed by atoms with E-state index in [-0.39, 0.29) is 5.91 Å². The number of amides is 1. The number of carboxylic acid groups (broad SMARTS) is 1. The molecule has 0 spiro atoms. The normalized spacial score (nSPS) is 16.6. The largest absolute Gasteiger partial charge is 0.481 e. The van der Waals surface area contributed by atoms with Gasteiger partial charge in [0.2, 0.25) is 5.91 Å². The van der Waals surface area contributed by atoms with Crippen LogP contribution >= 0.6 is 11.8 Å². The minimum absolute atomic E-state index is 0.0956. The Balaban J connectivity index is 2.41. The van der Waals surface area contributed by atoms with Crippen LogP contribution in [-0.2, 0) is 9.59 Å². The molecule has 0 aliphatic heterocycles. The van der Waals surface area contributed by atoms with Crippen LogP contribution in [0.15, 0.2) is 11.8 Å². The Morgan fingerprint density at radius 1 is 1.47 bits per heavy atom. The molecule has 0 saturated carbocycles. The number of hydrogen-bond acceptors (Lipinski definition) is 3. The third kappa shape index (κ3) is 5.27. The Kier molecular flexibility index (Phi) is 6.99. The Hall–Kier alpha value is -0.970. The second-order valence-electron chi connectivity index (χ2n) is 4.83. The lowest BCUT2D eigenvalue weighted by Crippen LogP contribution is -2.32. The fraction of sp³-hybridized carbons (Fsp3) is 0.714. The van der Waals surface area contributed by atoms with E-state index in [1.165, 1.54) is 18.2 Å². The van der Waals surface area contributed by atoms with E-state index >= 15 is 0 Å². The summed E-state index contributed by atoms with van der Waals surface area (Å²) in [5.74, 6) is -0.261. The molecule has 0 radical (unpaired) electrons. The molecule has 1 amide bonds. The fourth-order valence-corrected chi connectivity index (χ4v) is 3.02. The van der Waals surface area contributed by atoms with E-state index in [2.05, 4.69) is 6.08 Å². The Morgan fingerprint density at radius 3 is 2.74 bits per heavy atom. The quantitative estimate of drug-likeness (QED) is 0.781. The van der Waals surface area contributed by atoms with E-state index < -0.39 is 11.9 Å². The number of nitrogens with zero attached hydrogens (tertiary/aromatic N) is 1. The highest BCUT2D eigenvalue weighted by Crippen LogP contribution is 2.22. The number of rotatable bonds is 7. The van der Waals surface area contributed by atoms with Crippen LogP contribution in [0.2, 0.25) is 0 Å². The van der Waals surface area contributed by atoms with Gasteiger partial charge in [0.05, 0.1) is 11.7 Å². The van der Waals surface area contributed by atoms with Crippen molar-refractivity contribution in [1.82, 2.24) is 4.90 Å². The van der Waals surface area contributed by atoms with Crippen molar-refractivity contribution in [3.05, 3.63) is 11.8 Å². The molecule has 1 N–H and O–H groups in total. The highest BCUT2D eigenvalue weighted by Gasteiger charge is 2.18. The summed E-state index contributed by atoms with van der Waals surface area (Å²) in [5, 5.41) is 8.79. The summed E-state index contributed by atoms with van der Waals surface area (Å²) in [7, 11) is 0. The van der Waals surface area contributed by atoms with Crippen molar-refractivity contribution in [1.29, 1.82) is 0 Å². The molecular formula is C14H23NO3S. The van der Waals surface area contributed by atoms with Gasteiger partial charge in [0.15, 0.2) is 0 Å². The molecule has 1 atom stereocenters. The van der Waals surface area contributed by atoms with Crippen LogP contribution in [0, 0.1) is 5.92 Å². The van der Waals surface area contributed by atoms with Crippen LogP contribution in [-0.4, -0.2) is 39.9 Å². The lowest BCUT2D eigenvalue weighted by atomic mass is 10.0. The molecule has 19 heavy (non-hydrogen) atoms. The van der Waals surface area contributed by atoms with Crippen molar-refractivity contribution < 1.29 is 14.7 Å². The molecule has 1 unspecified atom stereocenters. The summed E-state index contributed by atoms with van der Waals surface area (Å²) < 4.78 is 0. The monoisotopic (exact) mass is 285 g/mol. The van der Waals surface area contributed by atoms with Crippen molar-refractivity contribution in [3.8, 4) is 0 Å². The first kappa shape index (κ1) is 16.1. The van der Waals surface area contributed by atoms with Crippen molar-refractivity contribution in [2.24, 2.45) is 5.92 Å². The zero-order valence-corrected chi connectivity index (χ0v) is 12.5. The first-order valence-corrected chi connectivity index (χ1v) is 8.01. The minimum Gasteiger partial charge on any atom is -0.481 e. The van der Waals surface area contributed by atoms with Gasteiger partial charge in [0.1, 0.15) is 0 Å². The van der Waals surface area contributed by atoms with Gasteiger partial charge in [-0.1, -0.05) is 13.0 Å². The average Bonchev–Trinajstić information content (AvgIpc) is 2.40. The first-order valence-electron chi connectivity index (χ1n) is 6.86. The van der Waals surface area contributed by atoms with Gasteiger partial charge < -0.3 is 10.0 Å². The lowest BCUT2D eigenvalue weighted by Gasteiger charge is -2.26. The van der Waals surface area contributed by atoms with Gasteiger partial charge in [-0.2, -0.15) is 11.8 Å². The van der Waals surface area contributed by atoms with Gasteiger partial charge in [-0.3, -0.25) is 9.59 Å². The molecule has 0 aromatic heterocycles. The van der Waals surface area contributed by atoms with Crippen LogP contribution in [0.1, 0.15) is 39.5 Å². The van der Waals surface area contributed by atoms with Crippen LogP contribution < -0.4 is 0 Å². The second-order valence-corrected chi connectivity index (χ2v) is 5.86. The number of carbonyl (C=O) groups excluding carboxylic acids is 1. The number of hydrogen-bond donors (Lipinski definition) is 1. The molecule has 0 bridgehead atoms. The molecule has 1 rings (SSSR count). The highest BCUT2D eigenvalue weighted by atomic mass is 32.2. The van der Waals surface area contributed by atoms with Crippen LogP contribution in [0.25, 0.3) is 0 Å². The van der Waals surface area contributed by atoms with Gasteiger partial charge in [-0.05, 0) is 32.6 Å². The van der Waals surface area contributed by atoms with Gasteiger partial charge in [0, 0.05) is 18.0 Å². The molecule has 1 aliphatic carbocycles. The maximum atomic E-state index is 12.1. The maximum Gasteiger partial charge on any atom is 0.307 e. The molecule has 0 heterocycles. The number of carboxylic acids is 1. The standard InChI is InChI=1S/C14H23NO3S/c1-3-15(12-7-5-4-6-8-12)13(16)10-19-9-11(2)14(17)18/h7,11H,3-6,8-10H2,1-2H3,(H,17,18). The smallest absolute Gasteiger partial charge is 0.307 e. The second kappa shape index (κ2) is 8.25. The third-order valence-corrected chi connectivity index (χ3v) is 4.43. The predicted molar refractivity (Wildman–Crippen MR) is 78.1 cm³/mol. The van der Waals surface area contributed by atoms with E-state index in [1.807, 2.05) is 11.8 Å². The van der Waals surface area contributed by atoms with Crippen LogP contribution in [0.3, 0.4) is 0 Å². The summed E-state index contributed by atoms with van der Waals surface area (Å²) in [5.41, 5.74) is 1.14. The molecule has 5 heteroatoms. The summed E-state index contributed by atoms with van der Waals surface area (Å²) in [6, 6.07) is 0. The zero-order valence-electron chi connectivity index (χ0n) is 11.7. The van der Waals surface area contributed by atoms with E-state index in [1.54, 1.807) is 6.92 Å². The number of allylic oxidation sites excluding steroid dienone is 2. The van der Waals surface area contributed by atoms with E-state index in [0.29, 0.717) is 18.1 Å². The topological polar surface area (TPSA) is 57.6 Å². The van der Waals surface area contributed by atoms with Gasteiger partial charge in [-0.15, -0.1) is 0 Å². The van der Waals surface area contributed by atoms with Crippen molar-refractivity contribution in [2.45, 2.75) is 39.5 Å². The molecule has 0 aromatic rings. The SMILES string of the molecule is CCN(C(=O)CSCC(C)C(=O)O)C1=CCCCC1.